The quantitative estimate of drug-likeness (QED) is 0.916. The predicted molar refractivity (Wildman–Crippen MR) is 79.2 cm³/mol. The maximum absolute atomic E-state index is 5.98. The van der Waals surface area contributed by atoms with E-state index in [0.717, 1.165) is 31.1 Å². The van der Waals surface area contributed by atoms with Crippen molar-refractivity contribution in [3.8, 4) is 11.5 Å². The summed E-state index contributed by atoms with van der Waals surface area (Å²) in [6.07, 6.45) is 2.37. The Hall–Kier alpha value is -1.26. The molecule has 0 aliphatic carbocycles. The third-order valence-electron chi connectivity index (χ3n) is 4.35. The lowest BCUT2D eigenvalue weighted by Crippen LogP contribution is -2.29. The van der Waals surface area contributed by atoms with Gasteiger partial charge in [-0.15, -0.1) is 0 Å². The molecule has 2 N–H and O–H groups in total. The topological polar surface area (TPSA) is 47.7 Å². The summed E-state index contributed by atoms with van der Waals surface area (Å²) >= 11 is 0. The van der Waals surface area contributed by atoms with Crippen LogP contribution in [0.2, 0.25) is 0 Å². The highest BCUT2D eigenvalue weighted by atomic mass is 16.6. The van der Waals surface area contributed by atoms with Crippen LogP contribution >= 0.6 is 0 Å². The van der Waals surface area contributed by atoms with E-state index in [1.165, 1.54) is 18.4 Å². The number of ether oxygens (including phenoxy) is 2. The molecule has 2 atom stereocenters. The van der Waals surface area contributed by atoms with Gasteiger partial charge in [0.1, 0.15) is 13.2 Å². The molecule has 2 aliphatic rings. The smallest absolute Gasteiger partial charge is 0.161 e. The van der Waals surface area contributed by atoms with Crippen molar-refractivity contribution in [1.29, 1.82) is 0 Å². The molecule has 2 unspecified atom stereocenters. The van der Waals surface area contributed by atoms with Crippen LogP contribution in [0.4, 0.5) is 0 Å². The number of nitrogens with zero attached hydrogens (tertiary/aromatic N) is 1. The van der Waals surface area contributed by atoms with Crippen molar-refractivity contribution in [3.05, 3.63) is 23.8 Å². The van der Waals surface area contributed by atoms with E-state index in [1.807, 2.05) is 6.07 Å². The number of hydrogen-bond acceptors (Lipinski definition) is 4. The summed E-state index contributed by atoms with van der Waals surface area (Å²) in [5.74, 6) is 2.29. The first kappa shape index (κ1) is 13.7. The zero-order valence-corrected chi connectivity index (χ0v) is 12.2. The fourth-order valence-electron chi connectivity index (χ4n) is 3.44. The molecule has 1 aromatic carbocycles. The lowest BCUT2D eigenvalue weighted by atomic mass is 9.93. The lowest BCUT2D eigenvalue weighted by molar-refractivity contribution is 0.170. The van der Waals surface area contributed by atoms with E-state index >= 15 is 0 Å². The fraction of sp³-hybridized carbons (Fsp3) is 0.625. The standard InChI is InChI=1S/C16H24N2O2/c1-2-6-18-7-5-13(11-17)16(18)12-3-4-14-15(10-12)20-9-8-19-14/h3-4,10,13,16H,2,5-9,11,17H2,1H3. The van der Waals surface area contributed by atoms with Gasteiger partial charge in [-0.05, 0) is 56.1 Å². The van der Waals surface area contributed by atoms with E-state index in [2.05, 4.69) is 24.0 Å². The first-order valence-electron chi connectivity index (χ1n) is 7.67. The van der Waals surface area contributed by atoms with Crippen LogP contribution in [0.1, 0.15) is 31.4 Å². The molecule has 4 heteroatoms. The first-order valence-corrected chi connectivity index (χ1v) is 7.67. The molecular formula is C16H24N2O2. The molecule has 1 fully saturated rings. The van der Waals surface area contributed by atoms with Gasteiger partial charge < -0.3 is 15.2 Å². The Bertz CT molecular complexity index is 464. The van der Waals surface area contributed by atoms with Gasteiger partial charge in [0, 0.05) is 6.04 Å². The predicted octanol–water partition coefficient (Wildman–Crippen LogP) is 2.19. The van der Waals surface area contributed by atoms with Crippen molar-refractivity contribution in [3.63, 3.8) is 0 Å². The molecular weight excluding hydrogens is 252 g/mol. The minimum atomic E-state index is 0.427. The normalized spacial score (nSPS) is 25.9. The third kappa shape index (κ3) is 2.50. The molecule has 20 heavy (non-hydrogen) atoms. The molecule has 110 valence electrons. The highest BCUT2D eigenvalue weighted by Crippen LogP contribution is 2.40. The SMILES string of the molecule is CCCN1CCC(CN)C1c1ccc2c(c1)OCCO2. The van der Waals surface area contributed by atoms with Crippen LogP contribution in [-0.4, -0.2) is 37.7 Å². The Morgan fingerprint density at radius 1 is 1.25 bits per heavy atom. The summed E-state index contributed by atoms with van der Waals surface area (Å²) in [7, 11) is 0. The molecule has 0 spiro atoms. The van der Waals surface area contributed by atoms with Crippen LogP contribution in [0.5, 0.6) is 11.5 Å². The Morgan fingerprint density at radius 3 is 2.80 bits per heavy atom. The van der Waals surface area contributed by atoms with Gasteiger partial charge in [-0.25, -0.2) is 0 Å². The zero-order chi connectivity index (χ0) is 13.9. The Labute approximate surface area is 120 Å². The molecule has 1 aromatic rings. The summed E-state index contributed by atoms with van der Waals surface area (Å²) in [6, 6.07) is 6.79. The zero-order valence-electron chi connectivity index (χ0n) is 12.2. The number of benzene rings is 1. The average Bonchev–Trinajstić information content (AvgIpc) is 2.90. The van der Waals surface area contributed by atoms with E-state index < -0.39 is 0 Å². The molecule has 2 aliphatic heterocycles. The summed E-state index contributed by atoms with van der Waals surface area (Å²) in [6.45, 7) is 6.55. The van der Waals surface area contributed by atoms with Crippen LogP contribution in [0.15, 0.2) is 18.2 Å². The molecule has 0 amide bonds. The lowest BCUT2D eigenvalue weighted by Gasteiger charge is -2.29. The van der Waals surface area contributed by atoms with E-state index in [4.69, 9.17) is 15.2 Å². The maximum Gasteiger partial charge on any atom is 0.161 e. The van der Waals surface area contributed by atoms with Gasteiger partial charge in [0.25, 0.3) is 0 Å². The fourth-order valence-corrected chi connectivity index (χ4v) is 3.44. The van der Waals surface area contributed by atoms with Gasteiger partial charge in [-0.3, -0.25) is 4.90 Å². The van der Waals surface area contributed by atoms with Crippen LogP contribution in [0.3, 0.4) is 0 Å². The number of likely N-dealkylation sites (tertiary alicyclic amines) is 1. The summed E-state index contributed by atoms with van der Waals surface area (Å²) in [4.78, 5) is 2.56. The highest BCUT2D eigenvalue weighted by molar-refractivity contribution is 5.45. The van der Waals surface area contributed by atoms with Gasteiger partial charge >= 0.3 is 0 Å². The minimum absolute atomic E-state index is 0.427. The van der Waals surface area contributed by atoms with Crippen molar-refractivity contribution in [2.75, 3.05) is 32.8 Å². The van der Waals surface area contributed by atoms with Gasteiger partial charge in [-0.1, -0.05) is 13.0 Å². The summed E-state index contributed by atoms with van der Waals surface area (Å²) in [5.41, 5.74) is 7.29. The number of nitrogens with two attached hydrogens (primary N) is 1. The van der Waals surface area contributed by atoms with Crippen molar-refractivity contribution < 1.29 is 9.47 Å². The largest absolute Gasteiger partial charge is 0.486 e. The molecule has 0 saturated carbocycles. The Morgan fingerprint density at radius 2 is 2.05 bits per heavy atom. The van der Waals surface area contributed by atoms with Crippen LogP contribution in [0, 0.1) is 5.92 Å². The van der Waals surface area contributed by atoms with E-state index in [0.29, 0.717) is 25.2 Å². The number of rotatable bonds is 4. The average molecular weight is 276 g/mol. The summed E-state index contributed by atoms with van der Waals surface area (Å²) in [5, 5.41) is 0. The van der Waals surface area contributed by atoms with Gasteiger partial charge in [0.05, 0.1) is 0 Å². The van der Waals surface area contributed by atoms with E-state index in [-0.39, 0.29) is 0 Å². The molecule has 0 bridgehead atoms. The first-order chi connectivity index (χ1) is 9.83. The Balaban J connectivity index is 1.88. The van der Waals surface area contributed by atoms with Crippen molar-refractivity contribution >= 4 is 0 Å². The summed E-state index contributed by atoms with van der Waals surface area (Å²) < 4.78 is 11.3. The molecule has 0 radical (unpaired) electrons. The molecule has 4 nitrogen and oxygen atoms in total. The highest BCUT2D eigenvalue weighted by Gasteiger charge is 2.34. The van der Waals surface area contributed by atoms with Gasteiger partial charge in [-0.2, -0.15) is 0 Å². The molecule has 2 heterocycles. The second kappa shape index (κ2) is 6.02. The maximum atomic E-state index is 5.98. The van der Waals surface area contributed by atoms with Gasteiger partial charge in [0.2, 0.25) is 0 Å². The van der Waals surface area contributed by atoms with Crippen LogP contribution in [0.25, 0.3) is 0 Å². The second-order valence-electron chi connectivity index (χ2n) is 5.67. The van der Waals surface area contributed by atoms with Crippen molar-refractivity contribution in [2.45, 2.75) is 25.8 Å². The van der Waals surface area contributed by atoms with E-state index in [1.54, 1.807) is 0 Å². The number of fused-ring (bicyclic) bond motifs is 1. The van der Waals surface area contributed by atoms with E-state index in [9.17, 15) is 0 Å². The van der Waals surface area contributed by atoms with Crippen LogP contribution < -0.4 is 15.2 Å². The van der Waals surface area contributed by atoms with Gasteiger partial charge in [0.15, 0.2) is 11.5 Å². The molecule has 0 aromatic heterocycles. The van der Waals surface area contributed by atoms with Crippen LogP contribution in [-0.2, 0) is 0 Å². The monoisotopic (exact) mass is 276 g/mol. The van der Waals surface area contributed by atoms with Crippen molar-refractivity contribution in [1.82, 2.24) is 4.90 Å². The Kier molecular flexibility index (Phi) is 4.13. The molecule has 3 rings (SSSR count). The van der Waals surface area contributed by atoms with Crippen molar-refractivity contribution in [2.24, 2.45) is 11.7 Å². The minimum Gasteiger partial charge on any atom is -0.486 e. The molecule has 1 saturated heterocycles. The number of hydrogen-bond donors (Lipinski definition) is 1. The second-order valence-corrected chi connectivity index (χ2v) is 5.67. The third-order valence-corrected chi connectivity index (χ3v) is 4.35.